The van der Waals surface area contributed by atoms with Crippen LogP contribution < -0.4 is 20.5 Å². The van der Waals surface area contributed by atoms with Crippen LogP contribution in [0.15, 0.2) is 83.7 Å². The number of benzene rings is 3. The van der Waals surface area contributed by atoms with Gasteiger partial charge in [0.2, 0.25) is 5.56 Å². The van der Waals surface area contributed by atoms with Gasteiger partial charge in [-0.1, -0.05) is 49.4 Å². The van der Waals surface area contributed by atoms with E-state index in [1.807, 2.05) is 6.07 Å². The fraction of sp³-hybridized carbons (Fsp3) is 0.361. The lowest BCUT2D eigenvalue weighted by Gasteiger charge is -2.34. The zero-order valence-corrected chi connectivity index (χ0v) is 24.9. The maximum absolute atomic E-state index is 12.7. The lowest BCUT2D eigenvalue weighted by atomic mass is 9.95. The minimum absolute atomic E-state index is 0.111. The van der Waals surface area contributed by atoms with Gasteiger partial charge in [-0.05, 0) is 60.2 Å². The molecule has 222 valence electrons. The number of fused-ring (bicyclic) bond motifs is 2. The normalized spacial score (nSPS) is 17.9. The molecule has 1 unspecified atom stereocenters. The van der Waals surface area contributed by atoms with Crippen molar-refractivity contribution in [1.82, 2.24) is 9.88 Å². The number of anilines is 2. The number of nitrogens with zero attached hydrogens (tertiary/aromatic N) is 2. The van der Waals surface area contributed by atoms with E-state index in [9.17, 15) is 4.79 Å². The maximum atomic E-state index is 12.7. The highest BCUT2D eigenvalue weighted by atomic mass is 16.5. The molecule has 2 saturated heterocycles. The second kappa shape index (κ2) is 12.3. The molecule has 7 nitrogen and oxygen atoms in total. The predicted octanol–water partition coefficient (Wildman–Crippen LogP) is 6.26. The van der Waals surface area contributed by atoms with Crippen LogP contribution in [0.1, 0.15) is 42.4 Å². The summed E-state index contributed by atoms with van der Waals surface area (Å²) in [6.07, 6.45) is 3.07. The number of nitrogens with one attached hydrogen (secondary N) is 2. The number of morpholine rings is 1. The number of likely N-dealkylation sites (tertiary alicyclic amines) is 1. The molecule has 1 aromatic heterocycles. The predicted molar refractivity (Wildman–Crippen MR) is 173 cm³/mol. The first-order valence-electron chi connectivity index (χ1n) is 15.6. The third-order valence-corrected chi connectivity index (χ3v) is 9.10. The summed E-state index contributed by atoms with van der Waals surface area (Å²) in [7, 11) is 0. The van der Waals surface area contributed by atoms with E-state index < -0.39 is 0 Å². The van der Waals surface area contributed by atoms with Crippen molar-refractivity contribution in [1.29, 1.82) is 0 Å². The molecule has 0 bridgehead atoms. The third-order valence-electron chi connectivity index (χ3n) is 9.10. The molecule has 2 N–H and O–H groups in total. The summed E-state index contributed by atoms with van der Waals surface area (Å²) in [6, 6.07) is 27.7. The Morgan fingerprint density at radius 2 is 1.72 bits per heavy atom. The summed E-state index contributed by atoms with van der Waals surface area (Å²) in [4.78, 5) is 20.5. The summed E-state index contributed by atoms with van der Waals surface area (Å²) >= 11 is 0. The van der Waals surface area contributed by atoms with Gasteiger partial charge in [-0.25, -0.2) is 0 Å². The summed E-state index contributed by atoms with van der Waals surface area (Å²) in [5.41, 5.74) is 7.37. The number of hydrogen-bond acceptors (Lipinski definition) is 6. The molecular formula is C36H40N4O3. The molecule has 4 heterocycles. The highest BCUT2D eigenvalue weighted by Crippen LogP contribution is 2.43. The van der Waals surface area contributed by atoms with E-state index in [1.165, 1.54) is 11.1 Å². The Kier molecular flexibility index (Phi) is 7.92. The Morgan fingerprint density at radius 3 is 2.53 bits per heavy atom. The van der Waals surface area contributed by atoms with E-state index in [0.717, 1.165) is 91.7 Å². The van der Waals surface area contributed by atoms with Crippen molar-refractivity contribution in [3.05, 3.63) is 106 Å². The number of aromatic nitrogens is 1. The Hall–Kier alpha value is -4.07. The van der Waals surface area contributed by atoms with Crippen LogP contribution in [0.25, 0.3) is 11.3 Å². The van der Waals surface area contributed by atoms with Crippen molar-refractivity contribution in [2.45, 2.75) is 38.1 Å². The first-order valence-corrected chi connectivity index (χ1v) is 15.6. The molecule has 0 spiro atoms. The average Bonchev–Trinajstić information content (AvgIpc) is 3.05. The third kappa shape index (κ3) is 6.19. The number of ether oxygens (including phenoxy) is 2. The van der Waals surface area contributed by atoms with E-state index in [2.05, 4.69) is 93.8 Å². The summed E-state index contributed by atoms with van der Waals surface area (Å²) in [6.45, 7) is 8.59. The minimum Gasteiger partial charge on any atom is -0.456 e. The molecule has 3 aromatic carbocycles. The maximum Gasteiger partial charge on any atom is 0.250 e. The minimum atomic E-state index is -0.111. The molecule has 0 amide bonds. The van der Waals surface area contributed by atoms with Crippen LogP contribution in [0.4, 0.5) is 11.4 Å². The molecular weight excluding hydrogens is 536 g/mol. The van der Waals surface area contributed by atoms with E-state index >= 15 is 0 Å². The van der Waals surface area contributed by atoms with Gasteiger partial charge in [0.15, 0.2) is 0 Å². The van der Waals surface area contributed by atoms with Gasteiger partial charge in [0, 0.05) is 73.8 Å². The SMILES string of the molecule is CC(CN1CCC(Nc2ccc3c(c2)Cc2cccc(-c4cc(N5CCOCC5)cc(=O)[nH]4)c2O3)CC1)c1ccccc1. The average molecular weight is 577 g/mol. The number of piperidine rings is 1. The molecule has 43 heavy (non-hydrogen) atoms. The summed E-state index contributed by atoms with van der Waals surface area (Å²) < 4.78 is 12.0. The van der Waals surface area contributed by atoms with Gasteiger partial charge < -0.3 is 29.6 Å². The molecule has 1 atom stereocenters. The first kappa shape index (κ1) is 27.7. The van der Waals surface area contributed by atoms with Gasteiger partial charge in [-0.3, -0.25) is 4.79 Å². The van der Waals surface area contributed by atoms with Gasteiger partial charge in [-0.2, -0.15) is 0 Å². The van der Waals surface area contributed by atoms with Crippen LogP contribution in [0.5, 0.6) is 11.5 Å². The van der Waals surface area contributed by atoms with E-state index in [-0.39, 0.29) is 5.56 Å². The Bertz CT molecular complexity index is 1620. The second-order valence-electron chi connectivity index (χ2n) is 12.1. The van der Waals surface area contributed by atoms with Gasteiger partial charge >= 0.3 is 0 Å². The van der Waals surface area contributed by atoms with Crippen molar-refractivity contribution in [3.8, 4) is 22.8 Å². The van der Waals surface area contributed by atoms with Crippen molar-refractivity contribution in [2.24, 2.45) is 0 Å². The van der Waals surface area contributed by atoms with Crippen molar-refractivity contribution in [3.63, 3.8) is 0 Å². The Labute approximate surface area is 253 Å². The zero-order chi connectivity index (χ0) is 29.2. The lowest BCUT2D eigenvalue weighted by Crippen LogP contribution is -2.40. The number of aromatic amines is 1. The lowest BCUT2D eigenvalue weighted by molar-refractivity contribution is 0.122. The van der Waals surface area contributed by atoms with Crippen LogP contribution in [-0.4, -0.2) is 61.9 Å². The largest absolute Gasteiger partial charge is 0.456 e. The molecule has 0 radical (unpaired) electrons. The molecule has 7 rings (SSSR count). The van der Waals surface area contributed by atoms with E-state index in [0.29, 0.717) is 25.2 Å². The number of hydrogen-bond donors (Lipinski definition) is 2. The number of H-pyrrole nitrogens is 1. The van der Waals surface area contributed by atoms with Crippen molar-refractivity contribution < 1.29 is 9.47 Å². The molecule has 0 aliphatic carbocycles. The topological polar surface area (TPSA) is 69.8 Å². The molecule has 7 heteroatoms. The molecule has 3 aliphatic heterocycles. The van der Waals surface area contributed by atoms with Gasteiger partial charge in [-0.15, -0.1) is 0 Å². The van der Waals surface area contributed by atoms with Crippen molar-refractivity contribution >= 4 is 11.4 Å². The molecule has 2 fully saturated rings. The van der Waals surface area contributed by atoms with Gasteiger partial charge in [0.25, 0.3) is 0 Å². The summed E-state index contributed by atoms with van der Waals surface area (Å²) in [5, 5.41) is 3.81. The standard InChI is InChI=1S/C36H40N4O3/c1-25(26-6-3-2-4-7-26)24-39-14-12-29(13-15-39)37-30-10-11-34-28(21-30)20-27-8-5-9-32(36(27)43-34)33-22-31(23-35(41)38-33)40-16-18-42-19-17-40/h2-11,21-23,25,29,37H,12-20,24H2,1H3,(H,38,41). The number of para-hydroxylation sites is 1. The van der Waals surface area contributed by atoms with Crippen molar-refractivity contribution in [2.75, 3.05) is 56.2 Å². The first-order chi connectivity index (χ1) is 21.1. The Morgan fingerprint density at radius 1 is 0.907 bits per heavy atom. The van der Waals surface area contributed by atoms with Crippen LogP contribution in [0.3, 0.4) is 0 Å². The molecule has 4 aromatic rings. The summed E-state index contributed by atoms with van der Waals surface area (Å²) in [5.74, 6) is 2.24. The molecule has 0 saturated carbocycles. The highest BCUT2D eigenvalue weighted by Gasteiger charge is 2.24. The van der Waals surface area contributed by atoms with Crippen LogP contribution >= 0.6 is 0 Å². The zero-order valence-electron chi connectivity index (χ0n) is 24.9. The van der Waals surface area contributed by atoms with Crippen LogP contribution in [0, 0.1) is 0 Å². The second-order valence-corrected chi connectivity index (χ2v) is 12.1. The monoisotopic (exact) mass is 576 g/mol. The molecule has 3 aliphatic rings. The van der Waals surface area contributed by atoms with E-state index in [1.54, 1.807) is 6.07 Å². The van der Waals surface area contributed by atoms with Crippen LogP contribution in [0.2, 0.25) is 0 Å². The number of rotatable bonds is 7. The number of pyridine rings is 1. The van der Waals surface area contributed by atoms with Gasteiger partial charge in [0.05, 0.1) is 18.9 Å². The highest BCUT2D eigenvalue weighted by molar-refractivity contribution is 5.74. The fourth-order valence-corrected chi connectivity index (χ4v) is 6.73. The van der Waals surface area contributed by atoms with Crippen LogP contribution in [-0.2, 0) is 11.2 Å². The van der Waals surface area contributed by atoms with E-state index in [4.69, 9.17) is 9.47 Å². The smallest absolute Gasteiger partial charge is 0.250 e. The quantitative estimate of drug-likeness (QED) is 0.239. The fourth-order valence-electron chi connectivity index (χ4n) is 6.73. The van der Waals surface area contributed by atoms with Gasteiger partial charge in [0.1, 0.15) is 11.5 Å². The Balaban J connectivity index is 1.02.